The summed E-state index contributed by atoms with van der Waals surface area (Å²) in [5.41, 5.74) is 2.56. The highest BCUT2D eigenvalue weighted by atomic mass is 16.4. The van der Waals surface area contributed by atoms with Gasteiger partial charge in [0.25, 0.3) is 0 Å². The van der Waals surface area contributed by atoms with Crippen molar-refractivity contribution in [2.75, 3.05) is 5.32 Å². The van der Waals surface area contributed by atoms with Crippen molar-refractivity contribution < 1.29 is 9.90 Å². The number of hydrogen-bond donors (Lipinski definition) is 2. The van der Waals surface area contributed by atoms with Gasteiger partial charge in [0.05, 0.1) is 5.56 Å². The Morgan fingerprint density at radius 3 is 2.56 bits per heavy atom. The highest BCUT2D eigenvalue weighted by Crippen LogP contribution is 2.46. The minimum atomic E-state index is -0.865. The Labute approximate surface area is 95.5 Å². The normalized spacial score (nSPS) is 21.6. The Balaban J connectivity index is 2.13. The molecule has 1 unspecified atom stereocenters. The van der Waals surface area contributed by atoms with Gasteiger partial charge in [-0.25, -0.2) is 4.79 Å². The smallest absolute Gasteiger partial charge is 0.335 e. The highest BCUT2D eigenvalue weighted by Gasteiger charge is 2.45. The SMILES string of the molecule is Cc1cc(NC2CC2(C)C)ccc1C(=O)O. The van der Waals surface area contributed by atoms with Crippen molar-refractivity contribution in [3.8, 4) is 0 Å². The summed E-state index contributed by atoms with van der Waals surface area (Å²) in [6.07, 6.45) is 1.17. The van der Waals surface area contributed by atoms with E-state index in [2.05, 4.69) is 19.2 Å². The average molecular weight is 219 g/mol. The van der Waals surface area contributed by atoms with Gasteiger partial charge in [-0.1, -0.05) is 13.8 Å². The number of hydrogen-bond acceptors (Lipinski definition) is 2. The number of carboxylic acids is 1. The monoisotopic (exact) mass is 219 g/mol. The molecule has 3 nitrogen and oxygen atoms in total. The van der Waals surface area contributed by atoms with Crippen LogP contribution in [0.2, 0.25) is 0 Å². The van der Waals surface area contributed by atoms with Crippen LogP contribution in [0.25, 0.3) is 0 Å². The van der Waals surface area contributed by atoms with E-state index in [1.165, 1.54) is 6.42 Å². The van der Waals surface area contributed by atoms with Gasteiger partial charge in [-0.2, -0.15) is 0 Å². The van der Waals surface area contributed by atoms with Gasteiger partial charge in [0.15, 0.2) is 0 Å². The minimum Gasteiger partial charge on any atom is -0.478 e. The maximum absolute atomic E-state index is 10.9. The van der Waals surface area contributed by atoms with E-state index < -0.39 is 5.97 Å². The second-order valence-corrected chi connectivity index (χ2v) is 5.22. The van der Waals surface area contributed by atoms with Crippen molar-refractivity contribution in [2.24, 2.45) is 5.41 Å². The van der Waals surface area contributed by atoms with E-state index in [0.717, 1.165) is 11.3 Å². The summed E-state index contributed by atoms with van der Waals surface area (Å²) in [6, 6.07) is 5.92. The molecule has 1 atom stereocenters. The van der Waals surface area contributed by atoms with E-state index in [-0.39, 0.29) is 0 Å². The molecule has 0 spiro atoms. The Hall–Kier alpha value is -1.51. The summed E-state index contributed by atoms with van der Waals surface area (Å²) in [7, 11) is 0. The second-order valence-electron chi connectivity index (χ2n) is 5.22. The predicted octanol–water partition coefficient (Wildman–Crippen LogP) is 2.90. The molecule has 1 aliphatic carbocycles. The lowest BCUT2D eigenvalue weighted by Gasteiger charge is -2.10. The number of rotatable bonds is 3. The number of benzene rings is 1. The zero-order valence-electron chi connectivity index (χ0n) is 9.87. The van der Waals surface area contributed by atoms with Gasteiger partial charge in [0.1, 0.15) is 0 Å². The minimum absolute atomic E-state index is 0.374. The molecule has 0 aromatic heterocycles. The van der Waals surface area contributed by atoms with Crippen LogP contribution in [0.4, 0.5) is 5.69 Å². The maximum atomic E-state index is 10.9. The fraction of sp³-hybridized carbons (Fsp3) is 0.462. The van der Waals surface area contributed by atoms with Crippen molar-refractivity contribution in [1.29, 1.82) is 0 Å². The summed E-state index contributed by atoms with van der Waals surface area (Å²) < 4.78 is 0. The first kappa shape index (κ1) is 11.0. The van der Waals surface area contributed by atoms with Gasteiger partial charge in [-0.15, -0.1) is 0 Å². The number of aryl methyl sites for hydroxylation is 1. The van der Waals surface area contributed by atoms with E-state index >= 15 is 0 Å². The van der Waals surface area contributed by atoms with Crippen LogP contribution < -0.4 is 5.32 Å². The molecule has 1 saturated carbocycles. The summed E-state index contributed by atoms with van der Waals surface area (Å²) in [5.74, 6) is -0.865. The van der Waals surface area contributed by atoms with Gasteiger partial charge in [0, 0.05) is 11.7 Å². The number of nitrogens with one attached hydrogen (secondary N) is 1. The Morgan fingerprint density at radius 1 is 1.50 bits per heavy atom. The van der Waals surface area contributed by atoms with Crippen molar-refractivity contribution in [3.05, 3.63) is 29.3 Å². The van der Waals surface area contributed by atoms with Gasteiger partial charge in [-0.3, -0.25) is 0 Å². The molecule has 0 saturated heterocycles. The molecule has 0 aliphatic heterocycles. The Bertz CT molecular complexity index is 438. The molecule has 0 heterocycles. The van der Waals surface area contributed by atoms with E-state index in [9.17, 15) is 4.79 Å². The average Bonchev–Trinajstić information content (AvgIpc) is 2.72. The summed E-state index contributed by atoms with van der Waals surface area (Å²) in [6.45, 7) is 6.28. The summed E-state index contributed by atoms with van der Waals surface area (Å²) in [4.78, 5) is 10.9. The van der Waals surface area contributed by atoms with Crippen molar-refractivity contribution in [1.82, 2.24) is 0 Å². The van der Waals surface area contributed by atoms with Gasteiger partial charge in [0.2, 0.25) is 0 Å². The molecule has 0 amide bonds. The molecule has 1 fully saturated rings. The zero-order valence-corrected chi connectivity index (χ0v) is 9.87. The van der Waals surface area contributed by atoms with Crippen LogP contribution in [0, 0.1) is 12.3 Å². The molecule has 1 aromatic carbocycles. The summed E-state index contributed by atoms with van der Waals surface area (Å²) >= 11 is 0. The van der Waals surface area contributed by atoms with Crippen LogP contribution in [0.3, 0.4) is 0 Å². The lowest BCUT2D eigenvalue weighted by molar-refractivity contribution is 0.0696. The molecular formula is C13H17NO2. The molecular weight excluding hydrogens is 202 g/mol. The molecule has 86 valence electrons. The van der Waals surface area contributed by atoms with Crippen LogP contribution >= 0.6 is 0 Å². The van der Waals surface area contributed by atoms with Gasteiger partial charge in [-0.05, 0) is 42.5 Å². The third-order valence-corrected chi connectivity index (χ3v) is 3.31. The first-order chi connectivity index (χ1) is 7.40. The van der Waals surface area contributed by atoms with Gasteiger partial charge < -0.3 is 10.4 Å². The largest absolute Gasteiger partial charge is 0.478 e. The number of carboxylic acid groups (broad SMARTS) is 1. The molecule has 0 radical (unpaired) electrons. The van der Waals surface area contributed by atoms with Crippen LogP contribution in [-0.4, -0.2) is 17.1 Å². The number of aromatic carboxylic acids is 1. The highest BCUT2D eigenvalue weighted by molar-refractivity contribution is 5.89. The molecule has 16 heavy (non-hydrogen) atoms. The van der Waals surface area contributed by atoms with Gasteiger partial charge >= 0.3 is 5.97 Å². The van der Waals surface area contributed by atoms with Crippen molar-refractivity contribution in [2.45, 2.75) is 33.2 Å². The van der Waals surface area contributed by atoms with Crippen LogP contribution in [0.1, 0.15) is 36.2 Å². The fourth-order valence-electron chi connectivity index (χ4n) is 1.91. The molecule has 2 N–H and O–H groups in total. The molecule has 3 heteroatoms. The van der Waals surface area contributed by atoms with E-state index in [4.69, 9.17) is 5.11 Å². The Kier molecular flexibility index (Phi) is 2.41. The second kappa shape index (κ2) is 3.51. The zero-order chi connectivity index (χ0) is 11.9. The summed E-state index contributed by atoms with van der Waals surface area (Å²) in [5, 5.41) is 12.3. The van der Waals surface area contributed by atoms with Crippen LogP contribution in [0.5, 0.6) is 0 Å². The standard InChI is InChI=1S/C13H17NO2/c1-8-6-9(4-5-10(8)12(15)16)14-11-7-13(11,2)3/h4-6,11,14H,7H2,1-3H3,(H,15,16). The van der Waals surface area contributed by atoms with E-state index in [1.807, 2.05) is 19.1 Å². The first-order valence-corrected chi connectivity index (χ1v) is 5.50. The van der Waals surface area contributed by atoms with E-state index in [1.54, 1.807) is 6.07 Å². The maximum Gasteiger partial charge on any atom is 0.335 e. The van der Waals surface area contributed by atoms with E-state index in [0.29, 0.717) is 17.0 Å². The topological polar surface area (TPSA) is 49.3 Å². The third-order valence-electron chi connectivity index (χ3n) is 3.31. The number of carbonyl (C=O) groups is 1. The predicted molar refractivity (Wildman–Crippen MR) is 63.9 cm³/mol. The lowest BCUT2D eigenvalue weighted by Crippen LogP contribution is -2.09. The Morgan fingerprint density at radius 2 is 2.12 bits per heavy atom. The van der Waals surface area contributed by atoms with Crippen LogP contribution in [0.15, 0.2) is 18.2 Å². The number of anilines is 1. The molecule has 2 rings (SSSR count). The van der Waals surface area contributed by atoms with Crippen molar-refractivity contribution in [3.63, 3.8) is 0 Å². The van der Waals surface area contributed by atoms with Crippen molar-refractivity contribution >= 4 is 11.7 Å². The quantitative estimate of drug-likeness (QED) is 0.821. The molecule has 0 bridgehead atoms. The molecule has 1 aromatic rings. The third kappa shape index (κ3) is 2.03. The van der Waals surface area contributed by atoms with Crippen LogP contribution in [-0.2, 0) is 0 Å². The lowest BCUT2D eigenvalue weighted by atomic mass is 10.1. The molecule has 1 aliphatic rings. The first-order valence-electron chi connectivity index (χ1n) is 5.50. The fourth-order valence-corrected chi connectivity index (χ4v) is 1.91.